The number of nitriles is 1. The lowest BCUT2D eigenvalue weighted by Gasteiger charge is -2.32. The van der Waals surface area contributed by atoms with Crippen molar-refractivity contribution in [2.24, 2.45) is 5.92 Å². The predicted molar refractivity (Wildman–Crippen MR) is 141 cm³/mol. The van der Waals surface area contributed by atoms with Crippen molar-refractivity contribution in [1.82, 2.24) is 4.90 Å². The quantitative estimate of drug-likeness (QED) is 0.316. The molecule has 2 aromatic carbocycles. The summed E-state index contributed by atoms with van der Waals surface area (Å²) in [4.78, 5) is 2.32. The van der Waals surface area contributed by atoms with Gasteiger partial charge in [0.15, 0.2) is 0 Å². The Hall–Kier alpha value is -2.91. The van der Waals surface area contributed by atoms with E-state index in [0.717, 1.165) is 49.4 Å². The number of ether oxygens (including phenoxy) is 4. The molecule has 0 amide bonds. The first-order chi connectivity index (χ1) is 16.8. The number of rotatable bonds is 15. The average Bonchev–Trinajstić information content (AvgIpc) is 2.85. The van der Waals surface area contributed by atoms with Crippen LogP contribution in [0.25, 0.3) is 0 Å². The molecule has 0 bridgehead atoms. The maximum absolute atomic E-state index is 10.3. The zero-order chi connectivity index (χ0) is 25.8. The van der Waals surface area contributed by atoms with Crippen molar-refractivity contribution in [2.75, 3.05) is 47.6 Å². The smallest absolute Gasteiger partial charge is 0.123 e. The third-order valence-electron chi connectivity index (χ3n) is 6.51. The van der Waals surface area contributed by atoms with Crippen LogP contribution in [0.1, 0.15) is 51.7 Å². The topological polar surface area (TPSA) is 64.0 Å². The second kappa shape index (κ2) is 13.8. The number of nitrogens with zero attached hydrogens (tertiary/aromatic N) is 2. The number of likely N-dealkylation sites (N-methyl/N-ethyl adjacent to an activating group) is 1. The molecule has 1 atom stereocenters. The molecule has 35 heavy (non-hydrogen) atoms. The third kappa shape index (κ3) is 7.80. The van der Waals surface area contributed by atoms with Gasteiger partial charge in [-0.15, -0.1) is 0 Å². The molecule has 0 heterocycles. The van der Waals surface area contributed by atoms with E-state index >= 15 is 0 Å². The first-order valence-corrected chi connectivity index (χ1v) is 12.5. The van der Waals surface area contributed by atoms with E-state index in [2.05, 4.69) is 44.0 Å². The number of hydrogen-bond donors (Lipinski definition) is 0. The highest BCUT2D eigenvalue weighted by molar-refractivity contribution is 5.45. The van der Waals surface area contributed by atoms with Crippen LogP contribution in [0, 0.1) is 17.2 Å². The average molecular weight is 483 g/mol. The molecule has 0 N–H and O–H groups in total. The van der Waals surface area contributed by atoms with Crippen LogP contribution in [0.15, 0.2) is 36.4 Å². The van der Waals surface area contributed by atoms with Gasteiger partial charge in [0.05, 0.1) is 38.9 Å². The van der Waals surface area contributed by atoms with Gasteiger partial charge in [-0.25, -0.2) is 0 Å². The van der Waals surface area contributed by atoms with E-state index in [-0.39, 0.29) is 5.92 Å². The highest BCUT2D eigenvalue weighted by Crippen LogP contribution is 2.40. The van der Waals surface area contributed by atoms with E-state index < -0.39 is 5.41 Å². The molecule has 1 unspecified atom stereocenters. The molecule has 0 spiro atoms. The van der Waals surface area contributed by atoms with E-state index in [1.165, 1.54) is 5.56 Å². The molecule has 0 aliphatic carbocycles. The van der Waals surface area contributed by atoms with Gasteiger partial charge in [-0.2, -0.15) is 5.26 Å². The minimum Gasteiger partial charge on any atom is -0.497 e. The number of benzene rings is 2. The second-order valence-corrected chi connectivity index (χ2v) is 9.17. The lowest BCUT2D eigenvalue weighted by Crippen LogP contribution is -2.32. The molecule has 0 saturated carbocycles. The molecule has 6 nitrogen and oxygen atoms in total. The summed E-state index contributed by atoms with van der Waals surface area (Å²) in [7, 11) is 5.41. The lowest BCUT2D eigenvalue weighted by molar-refractivity contribution is 0.292. The van der Waals surface area contributed by atoms with E-state index in [1.54, 1.807) is 14.2 Å². The molecule has 6 heteroatoms. The minimum absolute atomic E-state index is 0.146. The SMILES string of the molecule is CCOc1cc(CCN(C)CCCC(C#N)(c2cc(OC)cc(OC)c2)C(C)C)cc(OCC)c1. The van der Waals surface area contributed by atoms with Gasteiger partial charge in [0, 0.05) is 18.7 Å². The van der Waals surface area contributed by atoms with Gasteiger partial charge >= 0.3 is 0 Å². The predicted octanol–water partition coefficient (Wildman–Crippen LogP) is 5.87. The fourth-order valence-electron chi connectivity index (χ4n) is 4.42. The molecule has 2 rings (SSSR count). The Kier molecular flexibility index (Phi) is 11.2. The number of methoxy groups -OCH3 is 2. The van der Waals surface area contributed by atoms with Crippen LogP contribution >= 0.6 is 0 Å². The summed E-state index contributed by atoms with van der Waals surface area (Å²) in [6.45, 7) is 11.3. The summed E-state index contributed by atoms with van der Waals surface area (Å²) < 4.78 is 22.4. The minimum atomic E-state index is -0.610. The highest BCUT2D eigenvalue weighted by atomic mass is 16.5. The Bertz CT molecular complexity index is 923. The largest absolute Gasteiger partial charge is 0.497 e. The molecular weight excluding hydrogens is 440 g/mol. The van der Waals surface area contributed by atoms with Crippen LogP contribution in [-0.2, 0) is 11.8 Å². The van der Waals surface area contributed by atoms with Gasteiger partial charge in [-0.1, -0.05) is 13.8 Å². The molecule has 192 valence electrons. The summed E-state index contributed by atoms with van der Waals surface area (Å²) in [5.41, 5.74) is 1.54. The normalized spacial score (nSPS) is 12.8. The first kappa shape index (κ1) is 28.3. The van der Waals surface area contributed by atoms with E-state index in [0.29, 0.717) is 24.7 Å². The van der Waals surface area contributed by atoms with Gasteiger partial charge in [-0.05, 0) is 88.0 Å². The molecule has 0 saturated heterocycles. The van der Waals surface area contributed by atoms with Crippen LogP contribution in [0.4, 0.5) is 0 Å². The van der Waals surface area contributed by atoms with Crippen molar-refractivity contribution in [2.45, 2.75) is 52.4 Å². The molecule has 0 aliphatic heterocycles. The summed E-state index contributed by atoms with van der Waals surface area (Å²) in [6.07, 6.45) is 2.57. The molecule has 2 aromatic rings. The second-order valence-electron chi connectivity index (χ2n) is 9.17. The van der Waals surface area contributed by atoms with Crippen molar-refractivity contribution in [3.8, 4) is 29.1 Å². The maximum Gasteiger partial charge on any atom is 0.123 e. The summed E-state index contributed by atoms with van der Waals surface area (Å²) in [6, 6.07) is 14.6. The zero-order valence-corrected chi connectivity index (χ0v) is 22.5. The Morgan fingerprint density at radius 2 is 1.40 bits per heavy atom. The van der Waals surface area contributed by atoms with Crippen molar-refractivity contribution >= 4 is 0 Å². The van der Waals surface area contributed by atoms with Crippen LogP contribution in [-0.4, -0.2) is 52.5 Å². The fourth-order valence-corrected chi connectivity index (χ4v) is 4.42. The van der Waals surface area contributed by atoms with Crippen LogP contribution < -0.4 is 18.9 Å². The van der Waals surface area contributed by atoms with Crippen LogP contribution in [0.3, 0.4) is 0 Å². The van der Waals surface area contributed by atoms with Crippen molar-refractivity contribution in [3.05, 3.63) is 47.5 Å². The summed E-state index contributed by atoms with van der Waals surface area (Å²) >= 11 is 0. The summed E-state index contributed by atoms with van der Waals surface area (Å²) in [5, 5.41) is 10.3. The van der Waals surface area contributed by atoms with Gasteiger partial charge in [0.1, 0.15) is 23.0 Å². The Labute approximate surface area is 211 Å². The first-order valence-electron chi connectivity index (χ1n) is 12.5. The van der Waals surface area contributed by atoms with E-state index in [9.17, 15) is 5.26 Å². The van der Waals surface area contributed by atoms with Gasteiger partial charge in [0.2, 0.25) is 0 Å². The van der Waals surface area contributed by atoms with Gasteiger partial charge < -0.3 is 23.8 Å². The third-order valence-corrected chi connectivity index (χ3v) is 6.51. The zero-order valence-electron chi connectivity index (χ0n) is 22.5. The Balaban J connectivity index is 2.05. The van der Waals surface area contributed by atoms with Crippen LogP contribution in [0.2, 0.25) is 0 Å². The maximum atomic E-state index is 10.3. The van der Waals surface area contributed by atoms with Crippen molar-refractivity contribution in [3.63, 3.8) is 0 Å². The lowest BCUT2D eigenvalue weighted by atomic mass is 9.69. The molecule has 0 radical (unpaired) electrons. The van der Waals surface area contributed by atoms with E-state index in [1.807, 2.05) is 38.1 Å². The highest BCUT2D eigenvalue weighted by Gasteiger charge is 2.36. The standard InChI is InChI=1S/C29H42N2O4/c1-8-34-27-15-23(16-28(20-27)35-9-2)11-14-31(5)13-10-12-29(21-30,22(3)4)24-17-25(32-6)19-26(18-24)33-7/h15-20,22H,8-14H2,1-7H3. The molecule has 0 fully saturated rings. The Morgan fingerprint density at radius 3 is 1.86 bits per heavy atom. The van der Waals surface area contributed by atoms with E-state index in [4.69, 9.17) is 18.9 Å². The van der Waals surface area contributed by atoms with Gasteiger partial charge in [-0.3, -0.25) is 0 Å². The monoisotopic (exact) mass is 482 g/mol. The Morgan fingerprint density at radius 1 is 0.857 bits per heavy atom. The van der Waals surface area contributed by atoms with Crippen molar-refractivity contribution < 1.29 is 18.9 Å². The number of hydrogen-bond acceptors (Lipinski definition) is 6. The van der Waals surface area contributed by atoms with Crippen molar-refractivity contribution in [1.29, 1.82) is 5.26 Å². The molecule has 0 aromatic heterocycles. The molecular formula is C29H42N2O4. The fraction of sp³-hybridized carbons (Fsp3) is 0.552. The van der Waals surface area contributed by atoms with Gasteiger partial charge in [0.25, 0.3) is 0 Å². The van der Waals surface area contributed by atoms with Crippen LogP contribution in [0.5, 0.6) is 23.0 Å². The molecule has 0 aliphatic rings. The summed E-state index contributed by atoms with van der Waals surface area (Å²) in [5.74, 6) is 3.25.